The van der Waals surface area contributed by atoms with Crippen LogP contribution in [0.5, 0.6) is 0 Å². The summed E-state index contributed by atoms with van der Waals surface area (Å²) in [5.41, 5.74) is 3.39. The average molecular weight is 372 g/mol. The van der Waals surface area contributed by atoms with E-state index in [9.17, 15) is 9.18 Å². The number of ether oxygens (including phenoxy) is 1. The SMILES string of the molecule is O=C(OCc1ccc(F)cc1)c1cc(-c2ccccc2)nn1-c1ccccc1. The van der Waals surface area contributed by atoms with E-state index in [0.717, 1.165) is 11.3 Å². The van der Waals surface area contributed by atoms with Gasteiger partial charge < -0.3 is 4.74 Å². The van der Waals surface area contributed by atoms with Crippen molar-refractivity contribution in [1.82, 2.24) is 9.78 Å². The van der Waals surface area contributed by atoms with E-state index < -0.39 is 5.97 Å². The first kappa shape index (κ1) is 17.7. The highest BCUT2D eigenvalue weighted by Gasteiger charge is 2.19. The van der Waals surface area contributed by atoms with Crippen molar-refractivity contribution in [3.8, 4) is 16.9 Å². The molecule has 4 rings (SSSR count). The lowest BCUT2D eigenvalue weighted by Crippen LogP contribution is -2.12. The summed E-state index contributed by atoms with van der Waals surface area (Å²) >= 11 is 0. The fraction of sp³-hybridized carbons (Fsp3) is 0.0435. The van der Waals surface area contributed by atoms with Crippen molar-refractivity contribution in [3.63, 3.8) is 0 Å². The molecule has 5 heteroatoms. The lowest BCUT2D eigenvalue weighted by atomic mass is 10.1. The van der Waals surface area contributed by atoms with Crippen LogP contribution in [0.2, 0.25) is 0 Å². The standard InChI is InChI=1S/C23H17FN2O2/c24-19-13-11-17(12-14-19)16-28-23(27)22-15-21(18-7-3-1-4-8-18)25-26(22)20-9-5-2-6-10-20/h1-15H,16H2. The zero-order valence-corrected chi connectivity index (χ0v) is 15.0. The molecule has 0 aliphatic carbocycles. The molecule has 0 fully saturated rings. The molecule has 1 aromatic heterocycles. The first-order valence-electron chi connectivity index (χ1n) is 8.83. The Morgan fingerprint density at radius 2 is 1.54 bits per heavy atom. The number of rotatable bonds is 5. The summed E-state index contributed by atoms with van der Waals surface area (Å²) in [6.07, 6.45) is 0. The molecule has 0 spiro atoms. The lowest BCUT2D eigenvalue weighted by Gasteiger charge is -2.08. The predicted octanol–water partition coefficient (Wildman–Crippen LogP) is 5.04. The zero-order chi connectivity index (χ0) is 19.3. The molecular formula is C23H17FN2O2. The van der Waals surface area contributed by atoms with Gasteiger partial charge in [-0.05, 0) is 35.9 Å². The van der Waals surface area contributed by atoms with Gasteiger partial charge in [-0.3, -0.25) is 0 Å². The van der Waals surface area contributed by atoms with E-state index in [2.05, 4.69) is 5.10 Å². The summed E-state index contributed by atoms with van der Waals surface area (Å²) in [4.78, 5) is 12.8. The third kappa shape index (κ3) is 3.83. The molecule has 0 amide bonds. The van der Waals surface area contributed by atoms with Crippen LogP contribution in [0.3, 0.4) is 0 Å². The Bertz CT molecular complexity index is 1070. The van der Waals surface area contributed by atoms with Gasteiger partial charge in [0.2, 0.25) is 0 Å². The van der Waals surface area contributed by atoms with Crippen LogP contribution in [0.15, 0.2) is 91.0 Å². The predicted molar refractivity (Wildman–Crippen MR) is 105 cm³/mol. The van der Waals surface area contributed by atoms with Gasteiger partial charge in [-0.1, -0.05) is 60.7 Å². The van der Waals surface area contributed by atoms with Gasteiger partial charge in [0.1, 0.15) is 12.4 Å². The molecule has 0 saturated carbocycles. The molecule has 28 heavy (non-hydrogen) atoms. The second kappa shape index (κ2) is 7.88. The van der Waals surface area contributed by atoms with Gasteiger partial charge in [0.15, 0.2) is 5.69 Å². The number of hydrogen-bond acceptors (Lipinski definition) is 3. The third-order valence-corrected chi connectivity index (χ3v) is 4.27. The van der Waals surface area contributed by atoms with E-state index >= 15 is 0 Å². The number of nitrogens with zero attached hydrogens (tertiary/aromatic N) is 2. The van der Waals surface area contributed by atoms with E-state index in [4.69, 9.17) is 4.74 Å². The van der Waals surface area contributed by atoms with Crippen LogP contribution < -0.4 is 0 Å². The molecule has 4 aromatic rings. The van der Waals surface area contributed by atoms with Gasteiger partial charge >= 0.3 is 5.97 Å². The van der Waals surface area contributed by atoms with E-state index in [-0.39, 0.29) is 12.4 Å². The fourth-order valence-corrected chi connectivity index (χ4v) is 2.85. The molecule has 0 unspecified atom stereocenters. The highest BCUT2D eigenvalue weighted by Crippen LogP contribution is 2.22. The molecule has 0 N–H and O–H groups in total. The number of para-hydroxylation sites is 1. The van der Waals surface area contributed by atoms with E-state index in [0.29, 0.717) is 17.0 Å². The summed E-state index contributed by atoms with van der Waals surface area (Å²) in [5.74, 6) is -0.826. The summed E-state index contributed by atoms with van der Waals surface area (Å²) in [5, 5.41) is 4.60. The molecule has 0 aliphatic rings. The van der Waals surface area contributed by atoms with Gasteiger partial charge in [0, 0.05) is 5.56 Å². The van der Waals surface area contributed by atoms with Gasteiger partial charge in [-0.25, -0.2) is 13.9 Å². The van der Waals surface area contributed by atoms with Crippen molar-refractivity contribution in [3.05, 3.63) is 108 Å². The molecule has 4 nitrogen and oxygen atoms in total. The largest absolute Gasteiger partial charge is 0.456 e. The normalized spacial score (nSPS) is 10.6. The van der Waals surface area contributed by atoms with E-state index in [1.54, 1.807) is 22.9 Å². The van der Waals surface area contributed by atoms with Crippen molar-refractivity contribution < 1.29 is 13.9 Å². The molecule has 0 atom stereocenters. The van der Waals surface area contributed by atoms with Crippen molar-refractivity contribution in [2.75, 3.05) is 0 Å². The Morgan fingerprint density at radius 3 is 2.21 bits per heavy atom. The van der Waals surface area contributed by atoms with Crippen LogP contribution in [-0.4, -0.2) is 15.7 Å². The molecular weight excluding hydrogens is 355 g/mol. The maximum absolute atomic E-state index is 13.0. The van der Waals surface area contributed by atoms with Crippen molar-refractivity contribution in [1.29, 1.82) is 0 Å². The summed E-state index contributed by atoms with van der Waals surface area (Å²) in [6, 6.07) is 26.6. The van der Waals surface area contributed by atoms with Crippen LogP contribution in [0, 0.1) is 5.82 Å². The number of benzene rings is 3. The van der Waals surface area contributed by atoms with Gasteiger partial charge in [0.05, 0.1) is 11.4 Å². The lowest BCUT2D eigenvalue weighted by molar-refractivity contribution is 0.0462. The Balaban J connectivity index is 1.65. The molecule has 0 aliphatic heterocycles. The molecule has 0 bridgehead atoms. The highest BCUT2D eigenvalue weighted by molar-refractivity contribution is 5.89. The Kier molecular flexibility index (Phi) is 4.97. The topological polar surface area (TPSA) is 44.1 Å². The summed E-state index contributed by atoms with van der Waals surface area (Å²) in [7, 11) is 0. The number of esters is 1. The second-order valence-corrected chi connectivity index (χ2v) is 6.23. The van der Waals surface area contributed by atoms with Crippen molar-refractivity contribution in [2.24, 2.45) is 0 Å². The first-order chi connectivity index (χ1) is 13.7. The van der Waals surface area contributed by atoms with Crippen molar-refractivity contribution in [2.45, 2.75) is 6.61 Å². The fourth-order valence-electron chi connectivity index (χ4n) is 2.85. The van der Waals surface area contributed by atoms with Crippen LogP contribution in [0.1, 0.15) is 16.1 Å². The monoisotopic (exact) mass is 372 g/mol. The third-order valence-electron chi connectivity index (χ3n) is 4.27. The number of carbonyl (C=O) groups excluding carboxylic acids is 1. The maximum atomic E-state index is 13.0. The van der Waals surface area contributed by atoms with Gasteiger partial charge in [-0.15, -0.1) is 0 Å². The van der Waals surface area contributed by atoms with E-state index in [1.165, 1.54) is 12.1 Å². The van der Waals surface area contributed by atoms with Crippen LogP contribution in [0.4, 0.5) is 4.39 Å². The van der Waals surface area contributed by atoms with Gasteiger partial charge in [0.25, 0.3) is 0 Å². The van der Waals surface area contributed by atoms with Gasteiger partial charge in [-0.2, -0.15) is 5.10 Å². The molecule has 138 valence electrons. The van der Waals surface area contributed by atoms with Crippen molar-refractivity contribution >= 4 is 5.97 Å². The minimum Gasteiger partial charge on any atom is -0.456 e. The quantitative estimate of drug-likeness (QED) is 0.461. The molecule has 3 aromatic carbocycles. The minimum absolute atomic E-state index is 0.0553. The number of halogens is 1. The first-order valence-corrected chi connectivity index (χ1v) is 8.83. The van der Waals surface area contributed by atoms with Crippen LogP contribution in [0.25, 0.3) is 16.9 Å². The van der Waals surface area contributed by atoms with Crippen LogP contribution in [-0.2, 0) is 11.3 Å². The molecule has 1 heterocycles. The van der Waals surface area contributed by atoms with E-state index in [1.807, 2.05) is 60.7 Å². The summed E-state index contributed by atoms with van der Waals surface area (Å²) < 4.78 is 20.1. The Hall–Kier alpha value is -3.73. The Labute approximate surface area is 161 Å². The second-order valence-electron chi connectivity index (χ2n) is 6.23. The molecule has 0 radical (unpaired) electrons. The van der Waals surface area contributed by atoms with Crippen LogP contribution >= 0.6 is 0 Å². The smallest absolute Gasteiger partial charge is 0.357 e. The minimum atomic E-state index is -0.497. The summed E-state index contributed by atoms with van der Waals surface area (Å²) in [6.45, 7) is 0.0553. The maximum Gasteiger partial charge on any atom is 0.357 e. The number of hydrogen-bond donors (Lipinski definition) is 0. The highest BCUT2D eigenvalue weighted by atomic mass is 19.1. The number of carbonyl (C=O) groups is 1. The number of aromatic nitrogens is 2. The zero-order valence-electron chi connectivity index (χ0n) is 15.0. The Morgan fingerprint density at radius 1 is 0.893 bits per heavy atom. The average Bonchev–Trinajstić information content (AvgIpc) is 3.20. The molecule has 0 saturated heterocycles.